The lowest BCUT2D eigenvalue weighted by atomic mass is 10.0. The zero-order valence-corrected chi connectivity index (χ0v) is 11.9. The number of nitrogens with zero attached hydrogens (tertiary/aromatic N) is 1. The molecule has 2 atom stereocenters. The molecule has 3 N–H and O–H groups in total. The van der Waals surface area contributed by atoms with Gasteiger partial charge in [-0.15, -0.1) is 11.8 Å². The van der Waals surface area contributed by atoms with E-state index < -0.39 is 18.1 Å². The van der Waals surface area contributed by atoms with E-state index in [1.165, 1.54) is 16.7 Å². The van der Waals surface area contributed by atoms with Crippen molar-refractivity contribution in [1.82, 2.24) is 4.90 Å². The first kappa shape index (κ1) is 14.9. The Morgan fingerprint density at radius 3 is 2.75 bits per heavy atom. The van der Waals surface area contributed by atoms with Crippen molar-refractivity contribution >= 4 is 23.6 Å². The lowest BCUT2D eigenvalue weighted by Gasteiger charge is -2.23. The number of nitrogens with two attached hydrogens (primary N) is 1. The third-order valence-electron chi connectivity index (χ3n) is 3.35. The summed E-state index contributed by atoms with van der Waals surface area (Å²) >= 11 is 1.45. The maximum Gasteiger partial charge on any atom is 0.327 e. The van der Waals surface area contributed by atoms with Crippen LogP contribution in [0.25, 0.3) is 0 Å². The molecule has 0 aliphatic carbocycles. The molecule has 1 heterocycles. The average Bonchev–Trinajstić information content (AvgIpc) is 2.94. The van der Waals surface area contributed by atoms with Crippen LogP contribution in [-0.4, -0.2) is 45.6 Å². The van der Waals surface area contributed by atoms with Gasteiger partial charge in [-0.25, -0.2) is 4.79 Å². The first-order valence-corrected chi connectivity index (χ1v) is 7.65. The number of carbonyl (C=O) groups excluding carboxylic acids is 1. The van der Waals surface area contributed by atoms with E-state index in [9.17, 15) is 9.59 Å². The molecule has 1 aromatic rings. The molecule has 6 heteroatoms. The summed E-state index contributed by atoms with van der Waals surface area (Å²) in [6.07, 6.45) is 1.24. The first-order chi connectivity index (χ1) is 9.59. The maximum atomic E-state index is 12.2. The molecule has 1 aliphatic rings. The monoisotopic (exact) mass is 294 g/mol. The quantitative estimate of drug-likeness (QED) is 0.844. The number of aliphatic carboxylic acids is 1. The van der Waals surface area contributed by atoms with Gasteiger partial charge >= 0.3 is 5.97 Å². The zero-order chi connectivity index (χ0) is 14.5. The van der Waals surface area contributed by atoms with Gasteiger partial charge in [-0.2, -0.15) is 0 Å². The number of benzene rings is 1. The number of carboxylic acid groups (broad SMARTS) is 1. The molecule has 1 amide bonds. The Balaban J connectivity index is 1.90. The van der Waals surface area contributed by atoms with Gasteiger partial charge < -0.3 is 15.7 Å². The van der Waals surface area contributed by atoms with E-state index in [2.05, 4.69) is 0 Å². The Labute approximate surface area is 122 Å². The smallest absolute Gasteiger partial charge is 0.327 e. The summed E-state index contributed by atoms with van der Waals surface area (Å²) in [4.78, 5) is 24.7. The van der Waals surface area contributed by atoms with E-state index in [-0.39, 0.29) is 5.91 Å². The highest BCUT2D eigenvalue weighted by Gasteiger charge is 2.36. The number of hydrogen-bond donors (Lipinski definition) is 2. The van der Waals surface area contributed by atoms with Crippen LogP contribution in [-0.2, 0) is 16.0 Å². The zero-order valence-electron chi connectivity index (χ0n) is 11.1. The van der Waals surface area contributed by atoms with Gasteiger partial charge in [-0.1, -0.05) is 30.3 Å². The normalized spacial score (nSPS) is 19.9. The van der Waals surface area contributed by atoms with Crippen molar-refractivity contribution in [1.29, 1.82) is 0 Å². The van der Waals surface area contributed by atoms with Gasteiger partial charge in [0.05, 0.1) is 11.9 Å². The summed E-state index contributed by atoms with van der Waals surface area (Å²) in [7, 11) is 0. The van der Waals surface area contributed by atoms with Crippen LogP contribution >= 0.6 is 11.8 Å². The Morgan fingerprint density at radius 2 is 2.10 bits per heavy atom. The standard InChI is InChI=1S/C14H18N2O3S/c15-11(7-6-10-4-2-1-3-5-10)13(17)16-9-20-8-12(16)14(18)19/h1-5,11-12H,6-9,15H2,(H,18,19). The van der Waals surface area contributed by atoms with Crippen LogP contribution < -0.4 is 5.73 Å². The van der Waals surface area contributed by atoms with Gasteiger partial charge in [0.2, 0.25) is 5.91 Å². The minimum absolute atomic E-state index is 0.265. The summed E-state index contributed by atoms with van der Waals surface area (Å²) in [6.45, 7) is 0. The van der Waals surface area contributed by atoms with E-state index in [4.69, 9.17) is 10.8 Å². The largest absolute Gasteiger partial charge is 0.480 e. The fraction of sp³-hybridized carbons (Fsp3) is 0.429. The van der Waals surface area contributed by atoms with Crippen LogP contribution in [0.4, 0.5) is 0 Å². The molecule has 1 saturated heterocycles. The highest BCUT2D eigenvalue weighted by molar-refractivity contribution is 7.99. The van der Waals surface area contributed by atoms with Crippen molar-refractivity contribution in [3.8, 4) is 0 Å². The van der Waals surface area contributed by atoms with Crippen LogP contribution in [0.15, 0.2) is 30.3 Å². The molecule has 1 aliphatic heterocycles. The summed E-state index contributed by atoms with van der Waals surface area (Å²) in [5.74, 6) is -0.377. The molecule has 0 spiro atoms. The van der Waals surface area contributed by atoms with Gasteiger partial charge in [0.1, 0.15) is 6.04 Å². The van der Waals surface area contributed by atoms with Gasteiger partial charge in [-0.3, -0.25) is 4.79 Å². The van der Waals surface area contributed by atoms with E-state index in [1.807, 2.05) is 30.3 Å². The van der Waals surface area contributed by atoms with Crippen LogP contribution in [0.5, 0.6) is 0 Å². The lowest BCUT2D eigenvalue weighted by molar-refractivity contribution is -0.148. The topological polar surface area (TPSA) is 83.6 Å². The fourth-order valence-corrected chi connectivity index (χ4v) is 3.32. The van der Waals surface area contributed by atoms with Crippen molar-refractivity contribution < 1.29 is 14.7 Å². The van der Waals surface area contributed by atoms with Crippen molar-refractivity contribution in [3.05, 3.63) is 35.9 Å². The van der Waals surface area contributed by atoms with Crippen LogP contribution in [0.3, 0.4) is 0 Å². The molecule has 1 fully saturated rings. The second-order valence-electron chi connectivity index (χ2n) is 4.79. The van der Waals surface area contributed by atoms with E-state index in [0.29, 0.717) is 24.5 Å². The molecule has 2 unspecified atom stereocenters. The summed E-state index contributed by atoms with van der Waals surface area (Å²) < 4.78 is 0. The van der Waals surface area contributed by atoms with Crippen molar-refractivity contribution in [3.63, 3.8) is 0 Å². The first-order valence-electron chi connectivity index (χ1n) is 6.50. The van der Waals surface area contributed by atoms with E-state index in [1.54, 1.807) is 0 Å². The number of amides is 1. The maximum absolute atomic E-state index is 12.2. The average molecular weight is 294 g/mol. The molecule has 2 rings (SSSR count). The van der Waals surface area contributed by atoms with E-state index >= 15 is 0 Å². The Morgan fingerprint density at radius 1 is 1.40 bits per heavy atom. The summed E-state index contributed by atoms with van der Waals surface area (Å²) in [5, 5.41) is 9.07. The molecule has 5 nitrogen and oxygen atoms in total. The van der Waals surface area contributed by atoms with Crippen LogP contribution in [0.2, 0.25) is 0 Å². The van der Waals surface area contributed by atoms with Crippen LogP contribution in [0, 0.1) is 0 Å². The van der Waals surface area contributed by atoms with Crippen molar-refractivity contribution in [2.45, 2.75) is 24.9 Å². The minimum atomic E-state index is -0.960. The van der Waals surface area contributed by atoms with E-state index in [0.717, 1.165) is 5.56 Å². The highest BCUT2D eigenvalue weighted by Crippen LogP contribution is 2.22. The van der Waals surface area contributed by atoms with Gasteiger partial charge in [0, 0.05) is 5.75 Å². The predicted molar refractivity (Wildman–Crippen MR) is 78.3 cm³/mol. The third kappa shape index (κ3) is 3.52. The Kier molecular flexibility index (Phi) is 5.03. The number of carbonyl (C=O) groups is 2. The number of carboxylic acids is 1. The predicted octanol–water partition coefficient (Wildman–Crippen LogP) is 0.933. The molecular weight excluding hydrogens is 276 g/mol. The molecule has 0 aromatic heterocycles. The lowest BCUT2D eigenvalue weighted by Crippen LogP contribution is -2.49. The summed E-state index contributed by atoms with van der Waals surface area (Å²) in [5.41, 5.74) is 7.04. The van der Waals surface area contributed by atoms with Gasteiger partial charge in [-0.05, 0) is 18.4 Å². The number of rotatable bonds is 5. The molecule has 20 heavy (non-hydrogen) atoms. The molecule has 0 bridgehead atoms. The SMILES string of the molecule is NC(CCc1ccccc1)C(=O)N1CSCC1C(=O)O. The van der Waals surface area contributed by atoms with Crippen LogP contribution in [0.1, 0.15) is 12.0 Å². The number of aryl methyl sites for hydroxylation is 1. The van der Waals surface area contributed by atoms with Gasteiger partial charge in [0.25, 0.3) is 0 Å². The molecule has 1 aromatic carbocycles. The van der Waals surface area contributed by atoms with Gasteiger partial charge in [0.15, 0.2) is 0 Å². The molecule has 108 valence electrons. The molecule has 0 radical (unpaired) electrons. The summed E-state index contributed by atoms with van der Waals surface area (Å²) in [6, 6.07) is 8.42. The Hall–Kier alpha value is -1.53. The second-order valence-corrected chi connectivity index (χ2v) is 5.79. The number of hydrogen-bond acceptors (Lipinski definition) is 4. The number of thioether (sulfide) groups is 1. The molecule has 0 saturated carbocycles. The fourth-order valence-electron chi connectivity index (χ4n) is 2.17. The Bertz CT molecular complexity index is 481. The minimum Gasteiger partial charge on any atom is -0.480 e. The van der Waals surface area contributed by atoms with Crippen molar-refractivity contribution in [2.75, 3.05) is 11.6 Å². The highest BCUT2D eigenvalue weighted by atomic mass is 32.2. The third-order valence-corrected chi connectivity index (χ3v) is 4.37. The van der Waals surface area contributed by atoms with Crippen molar-refractivity contribution in [2.24, 2.45) is 5.73 Å². The molecular formula is C14H18N2O3S. The second kappa shape index (κ2) is 6.76.